The highest BCUT2D eigenvalue weighted by Gasteiger charge is 2.20. The highest BCUT2D eigenvalue weighted by atomic mass is 28.3. The molecule has 4 rings (SSSR count). The van der Waals surface area contributed by atoms with E-state index in [4.69, 9.17) is 9.84 Å². The highest BCUT2D eigenvalue weighted by Crippen LogP contribution is 2.29. The summed E-state index contributed by atoms with van der Waals surface area (Å²) in [5, 5.41) is 4.72. The van der Waals surface area contributed by atoms with Gasteiger partial charge in [0.2, 0.25) is 0 Å². The predicted molar refractivity (Wildman–Crippen MR) is 153 cm³/mol. The molecule has 0 radical (unpaired) electrons. The van der Waals surface area contributed by atoms with Crippen LogP contribution in [0.4, 0.5) is 5.69 Å². The minimum atomic E-state index is -1.22. The molecule has 186 valence electrons. The summed E-state index contributed by atoms with van der Waals surface area (Å²) in [6.07, 6.45) is 3.93. The lowest BCUT2D eigenvalue weighted by atomic mass is 10.0. The van der Waals surface area contributed by atoms with E-state index in [2.05, 4.69) is 35.9 Å². The molecule has 0 N–H and O–H groups in total. The normalized spacial score (nSPS) is 12.0. The Balaban J connectivity index is 1.89. The Labute approximate surface area is 213 Å². The van der Waals surface area contributed by atoms with Crippen molar-refractivity contribution in [3.8, 4) is 22.4 Å². The Bertz CT molecular complexity index is 1480. The molecule has 2 aromatic carbocycles. The molecule has 2 aromatic heterocycles. The second kappa shape index (κ2) is 10.6. The Kier molecular flexibility index (Phi) is 7.52. The molecule has 2 heterocycles. The molecule has 0 unspecified atom stereocenters. The maximum atomic E-state index is 13.8. The van der Waals surface area contributed by atoms with Gasteiger partial charge in [0.05, 0.1) is 16.9 Å². The number of rotatable bonds is 9. The zero-order chi connectivity index (χ0) is 25.9. The van der Waals surface area contributed by atoms with E-state index < -0.39 is 8.07 Å². The number of aromatic nitrogens is 3. The van der Waals surface area contributed by atoms with Gasteiger partial charge in [0.25, 0.3) is 5.56 Å². The first kappa shape index (κ1) is 25.5. The van der Waals surface area contributed by atoms with Crippen LogP contribution in [0, 0.1) is 6.92 Å². The average molecular weight is 499 g/mol. The molecule has 0 bridgehead atoms. The minimum absolute atomic E-state index is 0.159. The van der Waals surface area contributed by atoms with Crippen LogP contribution in [0.25, 0.3) is 34.1 Å². The van der Waals surface area contributed by atoms with Gasteiger partial charge in [-0.15, -0.1) is 0 Å². The molecule has 0 amide bonds. The first-order chi connectivity index (χ1) is 17.2. The Morgan fingerprint density at radius 1 is 1.08 bits per heavy atom. The SMILES string of the molecule is C=Nc1ccc(-c2c(C)n(COCC[Si](C)(C)C)c3cc(-c4ccccc4)nn3c2=O)cc1/C=C\C. The second-order valence-corrected chi connectivity index (χ2v) is 15.8. The van der Waals surface area contributed by atoms with Crippen LogP contribution in [0.3, 0.4) is 0 Å². The van der Waals surface area contributed by atoms with E-state index >= 15 is 0 Å². The van der Waals surface area contributed by atoms with Crippen LogP contribution in [-0.4, -0.2) is 35.6 Å². The predicted octanol–water partition coefficient (Wildman–Crippen LogP) is 6.82. The molecule has 7 heteroatoms. The first-order valence-corrected chi connectivity index (χ1v) is 15.9. The summed E-state index contributed by atoms with van der Waals surface area (Å²) in [7, 11) is -1.22. The van der Waals surface area contributed by atoms with Crippen molar-refractivity contribution in [2.45, 2.75) is 46.3 Å². The van der Waals surface area contributed by atoms with E-state index in [1.165, 1.54) is 4.52 Å². The Hall–Kier alpha value is -3.55. The molecular formula is C29H34N4O2Si. The highest BCUT2D eigenvalue weighted by molar-refractivity contribution is 6.76. The van der Waals surface area contributed by atoms with E-state index in [0.29, 0.717) is 24.5 Å². The molecule has 0 saturated heterocycles. The third-order valence-corrected chi connectivity index (χ3v) is 7.96. The van der Waals surface area contributed by atoms with Gasteiger partial charge in [0, 0.05) is 37.6 Å². The van der Waals surface area contributed by atoms with Gasteiger partial charge in [-0.25, -0.2) is 0 Å². The van der Waals surface area contributed by atoms with Crippen molar-refractivity contribution >= 4 is 32.2 Å². The van der Waals surface area contributed by atoms with Crippen molar-refractivity contribution in [2.24, 2.45) is 4.99 Å². The van der Waals surface area contributed by atoms with Crippen LogP contribution >= 0.6 is 0 Å². The molecule has 4 aromatic rings. The number of aliphatic imine (C=N–C) groups is 1. The summed E-state index contributed by atoms with van der Waals surface area (Å²) in [4.78, 5) is 18.0. The summed E-state index contributed by atoms with van der Waals surface area (Å²) in [6.45, 7) is 15.7. The molecule has 6 nitrogen and oxygen atoms in total. The number of fused-ring (bicyclic) bond motifs is 1. The number of benzene rings is 2. The molecular weight excluding hydrogens is 464 g/mol. The zero-order valence-corrected chi connectivity index (χ0v) is 22.8. The first-order valence-electron chi connectivity index (χ1n) is 12.2. The maximum absolute atomic E-state index is 13.8. The molecule has 0 aliphatic rings. The van der Waals surface area contributed by atoms with Gasteiger partial charge in [-0.2, -0.15) is 9.61 Å². The van der Waals surface area contributed by atoms with Gasteiger partial charge in [0.1, 0.15) is 12.4 Å². The van der Waals surface area contributed by atoms with E-state index in [9.17, 15) is 4.79 Å². The third kappa shape index (κ3) is 5.32. The molecule has 36 heavy (non-hydrogen) atoms. The van der Waals surface area contributed by atoms with Gasteiger partial charge in [0.15, 0.2) is 0 Å². The van der Waals surface area contributed by atoms with Crippen LogP contribution in [0.1, 0.15) is 18.2 Å². The van der Waals surface area contributed by atoms with E-state index in [1.54, 1.807) is 0 Å². The molecule has 0 fully saturated rings. The van der Waals surface area contributed by atoms with Crippen LogP contribution in [0.15, 0.2) is 70.5 Å². The average Bonchev–Trinajstić information content (AvgIpc) is 3.30. The number of allylic oxidation sites excluding steroid dienone is 1. The van der Waals surface area contributed by atoms with Gasteiger partial charge < -0.3 is 9.30 Å². The van der Waals surface area contributed by atoms with Crippen molar-refractivity contribution in [1.29, 1.82) is 0 Å². The fourth-order valence-electron chi connectivity index (χ4n) is 4.23. The zero-order valence-electron chi connectivity index (χ0n) is 21.8. The van der Waals surface area contributed by atoms with Crippen molar-refractivity contribution in [1.82, 2.24) is 14.2 Å². The third-order valence-electron chi connectivity index (χ3n) is 6.26. The Morgan fingerprint density at radius 3 is 2.50 bits per heavy atom. The van der Waals surface area contributed by atoms with Gasteiger partial charge >= 0.3 is 0 Å². The Morgan fingerprint density at radius 2 is 1.83 bits per heavy atom. The fourth-order valence-corrected chi connectivity index (χ4v) is 4.98. The number of ether oxygens (including phenoxy) is 1. The molecule has 0 spiro atoms. The van der Waals surface area contributed by atoms with Gasteiger partial charge in [-0.3, -0.25) is 9.79 Å². The standard InChI is InChI=1S/C29H34N4O2Si/c1-7-11-23-18-24(14-15-25(23)30-3)28-21(2)32(20-35-16-17-36(4,5)6)27-19-26(31-33(27)29(28)34)22-12-9-8-10-13-22/h7-15,18-19H,3,16-17,20H2,1-2,4-6H3/b11-7-. The smallest absolute Gasteiger partial charge is 0.282 e. The molecule has 0 atom stereocenters. The van der Waals surface area contributed by atoms with Crippen LogP contribution < -0.4 is 5.56 Å². The van der Waals surface area contributed by atoms with Crippen LogP contribution in [-0.2, 0) is 11.5 Å². The number of hydrogen-bond donors (Lipinski definition) is 0. The summed E-state index contributed by atoms with van der Waals surface area (Å²) in [5.41, 5.74) is 6.20. The summed E-state index contributed by atoms with van der Waals surface area (Å²) in [6, 6.07) is 18.8. The molecule has 0 aliphatic heterocycles. The largest absolute Gasteiger partial charge is 0.361 e. The van der Waals surface area contributed by atoms with E-state index in [0.717, 1.165) is 39.8 Å². The number of nitrogens with zero attached hydrogens (tertiary/aromatic N) is 4. The monoisotopic (exact) mass is 498 g/mol. The topological polar surface area (TPSA) is 60.9 Å². The van der Waals surface area contributed by atoms with Crippen molar-refractivity contribution in [3.05, 3.63) is 82.3 Å². The van der Waals surface area contributed by atoms with E-state index in [1.807, 2.05) is 80.6 Å². The van der Waals surface area contributed by atoms with Crippen molar-refractivity contribution < 1.29 is 4.74 Å². The maximum Gasteiger partial charge on any atom is 0.282 e. The summed E-state index contributed by atoms with van der Waals surface area (Å²) < 4.78 is 9.70. The lowest BCUT2D eigenvalue weighted by Crippen LogP contribution is -2.25. The van der Waals surface area contributed by atoms with Crippen LogP contribution in [0.2, 0.25) is 25.7 Å². The molecule has 0 aliphatic carbocycles. The van der Waals surface area contributed by atoms with Crippen molar-refractivity contribution in [3.63, 3.8) is 0 Å². The van der Waals surface area contributed by atoms with Gasteiger partial charge in [-0.05, 0) is 44.3 Å². The second-order valence-electron chi connectivity index (χ2n) is 10.1. The van der Waals surface area contributed by atoms with Crippen molar-refractivity contribution in [2.75, 3.05) is 6.61 Å². The van der Waals surface area contributed by atoms with Gasteiger partial charge in [-0.1, -0.05) is 68.2 Å². The molecule has 0 saturated carbocycles. The van der Waals surface area contributed by atoms with Crippen LogP contribution in [0.5, 0.6) is 0 Å². The quantitative estimate of drug-likeness (QED) is 0.145. The number of hydrogen-bond acceptors (Lipinski definition) is 4. The lowest BCUT2D eigenvalue weighted by Gasteiger charge is -2.19. The summed E-state index contributed by atoms with van der Waals surface area (Å²) >= 11 is 0. The van der Waals surface area contributed by atoms with E-state index in [-0.39, 0.29) is 5.56 Å². The summed E-state index contributed by atoms with van der Waals surface area (Å²) in [5.74, 6) is 0. The minimum Gasteiger partial charge on any atom is -0.361 e. The fraction of sp³-hybridized carbons (Fsp3) is 0.276. The lowest BCUT2D eigenvalue weighted by molar-refractivity contribution is 0.0878.